The molecule has 0 saturated carbocycles. The number of carbonyl (C=O) groups is 2. The van der Waals surface area contributed by atoms with E-state index in [2.05, 4.69) is 10.4 Å². The first-order valence-corrected chi connectivity index (χ1v) is 8.84. The highest BCUT2D eigenvalue weighted by Gasteiger charge is 2.20. The molecule has 3 aromatic rings. The predicted octanol–water partition coefficient (Wildman–Crippen LogP) is 3.11. The molecular formula is C21H18FN3O4. The molecule has 0 aliphatic carbocycles. The van der Waals surface area contributed by atoms with E-state index in [1.165, 1.54) is 18.2 Å². The average molecular weight is 395 g/mol. The molecule has 148 valence electrons. The van der Waals surface area contributed by atoms with Crippen molar-refractivity contribution >= 4 is 17.6 Å². The number of amides is 1. The van der Waals surface area contributed by atoms with Gasteiger partial charge in [-0.3, -0.25) is 9.59 Å². The van der Waals surface area contributed by atoms with Crippen LogP contribution < -0.4 is 10.9 Å². The van der Waals surface area contributed by atoms with Crippen LogP contribution >= 0.6 is 0 Å². The van der Waals surface area contributed by atoms with Gasteiger partial charge in [-0.2, -0.15) is 9.78 Å². The minimum absolute atomic E-state index is 0.0301. The quantitative estimate of drug-likeness (QED) is 0.671. The van der Waals surface area contributed by atoms with Crippen LogP contribution in [0, 0.1) is 12.7 Å². The first-order chi connectivity index (χ1) is 13.9. The molecule has 3 rings (SSSR count). The molecule has 0 atom stereocenters. The Labute approximate surface area is 165 Å². The predicted molar refractivity (Wildman–Crippen MR) is 105 cm³/mol. The molecule has 0 bridgehead atoms. The molecule has 1 aromatic heterocycles. The molecule has 0 aliphatic heterocycles. The van der Waals surface area contributed by atoms with Gasteiger partial charge in [0.2, 0.25) is 0 Å². The number of rotatable bonds is 5. The van der Waals surface area contributed by atoms with E-state index in [1.54, 1.807) is 31.2 Å². The second-order valence-electron chi connectivity index (χ2n) is 6.18. The summed E-state index contributed by atoms with van der Waals surface area (Å²) >= 11 is 0. The Morgan fingerprint density at radius 2 is 1.86 bits per heavy atom. The summed E-state index contributed by atoms with van der Waals surface area (Å²) in [6.07, 6.45) is 0. The topological polar surface area (TPSA) is 90.3 Å². The Hall–Kier alpha value is -3.81. The van der Waals surface area contributed by atoms with Crippen molar-refractivity contribution in [3.63, 3.8) is 0 Å². The number of nitrogens with one attached hydrogen (secondary N) is 1. The highest BCUT2D eigenvalue weighted by Crippen LogP contribution is 2.16. The fourth-order valence-corrected chi connectivity index (χ4v) is 2.60. The van der Waals surface area contributed by atoms with Crippen LogP contribution in [0.3, 0.4) is 0 Å². The number of hydrogen-bond donors (Lipinski definition) is 1. The van der Waals surface area contributed by atoms with Crippen LogP contribution in [0.5, 0.6) is 0 Å². The summed E-state index contributed by atoms with van der Waals surface area (Å²) in [5, 5.41) is 6.54. The van der Waals surface area contributed by atoms with E-state index in [0.29, 0.717) is 5.69 Å². The van der Waals surface area contributed by atoms with Gasteiger partial charge < -0.3 is 10.1 Å². The average Bonchev–Trinajstić information content (AvgIpc) is 2.69. The summed E-state index contributed by atoms with van der Waals surface area (Å²) in [6, 6.07) is 13.1. The van der Waals surface area contributed by atoms with E-state index >= 15 is 0 Å². The summed E-state index contributed by atoms with van der Waals surface area (Å²) in [7, 11) is 0. The fraction of sp³-hybridized carbons (Fsp3) is 0.143. The second kappa shape index (κ2) is 8.47. The van der Waals surface area contributed by atoms with E-state index in [4.69, 9.17) is 4.74 Å². The van der Waals surface area contributed by atoms with Gasteiger partial charge >= 0.3 is 5.97 Å². The zero-order valence-electron chi connectivity index (χ0n) is 15.8. The number of nitrogens with zero attached hydrogens (tertiary/aromatic N) is 2. The molecular weight excluding hydrogens is 377 g/mol. The van der Waals surface area contributed by atoms with Gasteiger partial charge in [0.1, 0.15) is 5.82 Å². The normalized spacial score (nSPS) is 10.4. The Morgan fingerprint density at radius 3 is 2.52 bits per heavy atom. The van der Waals surface area contributed by atoms with Crippen molar-refractivity contribution in [2.24, 2.45) is 0 Å². The summed E-state index contributed by atoms with van der Waals surface area (Å²) in [6.45, 7) is 3.61. The van der Waals surface area contributed by atoms with E-state index in [9.17, 15) is 18.8 Å². The standard InChI is InChI=1S/C21H18FN3O4/c1-3-29-21(28)19-17(23-20(27)14-5-4-6-15(22)11-14)12-18(26)25(24-19)16-9-7-13(2)8-10-16/h4-12H,3H2,1-2H3,(H,23,27). The van der Waals surface area contributed by atoms with Crippen molar-refractivity contribution in [2.75, 3.05) is 11.9 Å². The lowest BCUT2D eigenvalue weighted by Crippen LogP contribution is -2.27. The van der Waals surface area contributed by atoms with Crippen molar-refractivity contribution in [1.82, 2.24) is 9.78 Å². The molecule has 7 nitrogen and oxygen atoms in total. The van der Waals surface area contributed by atoms with Gasteiger partial charge in [0.25, 0.3) is 11.5 Å². The fourth-order valence-electron chi connectivity index (χ4n) is 2.60. The van der Waals surface area contributed by atoms with Crippen LogP contribution in [-0.4, -0.2) is 28.3 Å². The van der Waals surface area contributed by atoms with Gasteiger partial charge in [0.05, 0.1) is 18.0 Å². The van der Waals surface area contributed by atoms with Crippen LogP contribution in [0.15, 0.2) is 59.4 Å². The third-order valence-corrected chi connectivity index (χ3v) is 4.01. The lowest BCUT2D eigenvalue weighted by molar-refractivity contribution is 0.0518. The lowest BCUT2D eigenvalue weighted by atomic mass is 10.2. The molecule has 0 unspecified atom stereocenters. The number of carbonyl (C=O) groups excluding carboxylic acids is 2. The number of ether oxygens (including phenoxy) is 1. The first-order valence-electron chi connectivity index (χ1n) is 8.84. The van der Waals surface area contributed by atoms with Crippen LogP contribution in [0.4, 0.5) is 10.1 Å². The van der Waals surface area contributed by atoms with Crippen molar-refractivity contribution in [3.8, 4) is 5.69 Å². The number of halogens is 1. The first kappa shape index (κ1) is 19.9. The van der Waals surface area contributed by atoms with Crippen molar-refractivity contribution < 1.29 is 18.7 Å². The van der Waals surface area contributed by atoms with Crippen LogP contribution in [-0.2, 0) is 4.74 Å². The summed E-state index contributed by atoms with van der Waals surface area (Å²) < 4.78 is 19.4. The van der Waals surface area contributed by atoms with E-state index < -0.39 is 23.3 Å². The van der Waals surface area contributed by atoms with Gasteiger partial charge in [-0.1, -0.05) is 23.8 Å². The zero-order chi connectivity index (χ0) is 21.0. The number of benzene rings is 2. The maximum Gasteiger partial charge on any atom is 0.360 e. The van der Waals surface area contributed by atoms with Gasteiger partial charge in [-0.05, 0) is 44.2 Å². The molecule has 0 aliphatic rings. The summed E-state index contributed by atoms with van der Waals surface area (Å²) in [5.41, 5.74) is 0.558. The smallest absolute Gasteiger partial charge is 0.360 e. The molecule has 1 N–H and O–H groups in total. The maximum atomic E-state index is 13.4. The SMILES string of the molecule is CCOC(=O)c1nn(-c2ccc(C)cc2)c(=O)cc1NC(=O)c1cccc(F)c1. The number of anilines is 1. The third kappa shape index (κ3) is 4.55. The molecule has 0 radical (unpaired) electrons. The van der Waals surface area contributed by atoms with Crippen LogP contribution in [0.2, 0.25) is 0 Å². The Balaban J connectivity index is 2.04. The minimum atomic E-state index is -0.803. The zero-order valence-corrected chi connectivity index (χ0v) is 15.8. The van der Waals surface area contributed by atoms with Crippen LogP contribution in [0.1, 0.15) is 33.3 Å². The number of aryl methyl sites for hydroxylation is 1. The number of aromatic nitrogens is 2. The Bertz CT molecular complexity index is 1120. The molecule has 0 fully saturated rings. The van der Waals surface area contributed by atoms with E-state index in [0.717, 1.165) is 22.4 Å². The minimum Gasteiger partial charge on any atom is -0.461 e. The van der Waals surface area contributed by atoms with Crippen LogP contribution in [0.25, 0.3) is 5.69 Å². The second-order valence-corrected chi connectivity index (χ2v) is 6.18. The van der Waals surface area contributed by atoms with Gasteiger partial charge in [0.15, 0.2) is 5.69 Å². The molecule has 8 heteroatoms. The number of hydrogen-bond acceptors (Lipinski definition) is 5. The Kier molecular flexibility index (Phi) is 5.82. The molecule has 1 amide bonds. The van der Waals surface area contributed by atoms with Gasteiger partial charge in [-0.25, -0.2) is 9.18 Å². The molecule has 29 heavy (non-hydrogen) atoms. The Morgan fingerprint density at radius 1 is 1.14 bits per heavy atom. The van der Waals surface area contributed by atoms with Gasteiger partial charge in [-0.15, -0.1) is 0 Å². The van der Waals surface area contributed by atoms with Crippen molar-refractivity contribution in [2.45, 2.75) is 13.8 Å². The summed E-state index contributed by atoms with van der Waals surface area (Å²) in [4.78, 5) is 37.4. The molecule has 2 aromatic carbocycles. The largest absolute Gasteiger partial charge is 0.461 e. The number of esters is 1. The third-order valence-electron chi connectivity index (χ3n) is 4.01. The van der Waals surface area contributed by atoms with Crippen molar-refractivity contribution in [3.05, 3.63) is 87.6 Å². The molecule has 0 spiro atoms. The van der Waals surface area contributed by atoms with Gasteiger partial charge in [0, 0.05) is 11.6 Å². The highest BCUT2D eigenvalue weighted by atomic mass is 19.1. The van der Waals surface area contributed by atoms with Crippen molar-refractivity contribution in [1.29, 1.82) is 0 Å². The molecule has 0 saturated heterocycles. The van der Waals surface area contributed by atoms with E-state index in [1.807, 2.05) is 6.92 Å². The van der Waals surface area contributed by atoms with E-state index in [-0.39, 0.29) is 23.6 Å². The molecule has 1 heterocycles. The highest BCUT2D eigenvalue weighted by molar-refractivity contribution is 6.07. The lowest BCUT2D eigenvalue weighted by Gasteiger charge is -2.12. The summed E-state index contributed by atoms with van der Waals surface area (Å²) in [5.74, 6) is -2.08. The monoisotopic (exact) mass is 395 g/mol. The maximum absolute atomic E-state index is 13.4.